The predicted molar refractivity (Wildman–Crippen MR) is 77.2 cm³/mol. The molecule has 0 unspecified atom stereocenters. The van der Waals surface area contributed by atoms with Gasteiger partial charge in [0, 0.05) is 24.3 Å². The Labute approximate surface area is 113 Å². The SMILES string of the molecule is CCC(CC)N(CCO)c1nc2ccc(N)cc2o1. The lowest BCUT2D eigenvalue weighted by molar-refractivity contribution is 0.292. The molecular weight excluding hydrogens is 242 g/mol. The summed E-state index contributed by atoms with van der Waals surface area (Å²) in [6.45, 7) is 4.85. The minimum Gasteiger partial charge on any atom is -0.423 e. The standard InChI is InChI=1S/C14H21N3O2/c1-3-11(4-2)17(7-8-18)14-16-12-6-5-10(15)9-13(12)19-14/h5-6,9,11,18H,3-4,7-8,15H2,1-2H3. The molecular formula is C14H21N3O2. The first-order valence-corrected chi connectivity index (χ1v) is 6.73. The first-order valence-electron chi connectivity index (χ1n) is 6.73. The molecule has 0 saturated carbocycles. The largest absolute Gasteiger partial charge is 0.423 e. The fourth-order valence-corrected chi connectivity index (χ4v) is 2.32. The highest BCUT2D eigenvalue weighted by molar-refractivity contribution is 5.78. The summed E-state index contributed by atoms with van der Waals surface area (Å²) in [5.74, 6) is 0. The molecule has 0 radical (unpaired) electrons. The molecule has 0 aliphatic carbocycles. The lowest BCUT2D eigenvalue weighted by Crippen LogP contribution is -2.37. The maximum atomic E-state index is 9.23. The second kappa shape index (κ2) is 5.93. The summed E-state index contributed by atoms with van der Waals surface area (Å²) >= 11 is 0. The molecule has 0 aliphatic rings. The Morgan fingerprint density at radius 1 is 1.37 bits per heavy atom. The van der Waals surface area contributed by atoms with Gasteiger partial charge >= 0.3 is 0 Å². The molecule has 1 aromatic heterocycles. The first-order chi connectivity index (χ1) is 9.19. The van der Waals surface area contributed by atoms with Crippen LogP contribution in [0.15, 0.2) is 22.6 Å². The predicted octanol–water partition coefficient (Wildman–Crippen LogP) is 2.40. The zero-order chi connectivity index (χ0) is 13.8. The van der Waals surface area contributed by atoms with Crippen LogP contribution in [0.5, 0.6) is 0 Å². The first kappa shape index (κ1) is 13.7. The quantitative estimate of drug-likeness (QED) is 0.783. The Morgan fingerprint density at radius 3 is 2.74 bits per heavy atom. The highest BCUT2D eigenvalue weighted by Crippen LogP contribution is 2.26. The van der Waals surface area contributed by atoms with Crippen LogP contribution in [-0.2, 0) is 0 Å². The van der Waals surface area contributed by atoms with Crippen molar-refractivity contribution in [1.29, 1.82) is 0 Å². The molecule has 5 heteroatoms. The van der Waals surface area contributed by atoms with Crippen LogP contribution in [-0.4, -0.2) is 29.3 Å². The van der Waals surface area contributed by atoms with E-state index in [4.69, 9.17) is 10.2 Å². The van der Waals surface area contributed by atoms with Crippen LogP contribution in [0.2, 0.25) is 0 Å². The Morgan fingerprint density at radius 2 is 2.11 bits per heavy atom. The van der Waals surface area contributed by atoms with E-state index in [1.54, 1.807) is 6.07 Å². The number of aliphatic hydroxyl groups is 1. The van der Waals surface area contributed by atoms with Gasteiger partial charge < -0.3 is 20.2 Å². The third kappa shape index (κ3) is 2.81. The van der Waals surface area contributed by atoms with Crippen molar-refractivity contribution in [3.05, 3.63) is 18.2 Å². The number of nitrogen functional groups attached to an aromatic ring is 1. The zero-order valence-electron chi connectivity index (χ0n) is 11.5. The average Bonchev–Trinajstić information content (AvgIpc) is 2.81. The van der Waals surface area contributed by atoms with E-state index >= 15 is 0 Å². The van der Waals surface area contributed by atoms with Crippen molar-refractivity contribution in [2.45, 2.75) is 32.7 Å². The number of rotatable bonds is 6. The summed E-state index contributed by atoms with van der Waals surface area (Å²) in [5, 5.41) is 9.23. The molecule has 2 aromatic rings. The number of hydrogen-bond donors (Lipinski definition) is 2. The molecule has 0 aliphatic heterocycles. The van der Waals surface area contributed by atoms with E-state index in [1.807, 2.05) is 17.0 Å². The molecule has 0 fully saturated rings. The van der Waals surface area contributed by atoms with Crippen LogP contribution >= 0.6 is 0 Å². The number of anilines is 2. The van der Waals surface area contributed by atoms with Gasteiger partial charge in [0.25, 0.3) is 6.01 Å². The van der Waals surface area contributed by atoms with E-state index in [1.165, 1.54) is 0 Å². The van der Waals surface area contributed by atoms with Crippen molar-refractivity contribution in [2.75, 3.05) is 23.8 Å². The molecule has 1 aromatic carbocycles. The molecule has 0 bridgehead atoms. The van der Waals surface area contributed by atoms with Crippen LogP contribution in [0.25, 0.3) is 11.1 Å². The number of benzene rings is 1. The molecule has 0 atom stereocenters. The van der Waals surface area contributed by atoms with Gasteiger partial charge in [-0.15, -0.1) is 0 Å². The molecule has 1 heterocycles. The van der Waals surface area contributed by atoms with Gasteiger partial charge in [-0.05, 0) is 25.0 Å². The van der Waals surface area contributed by atoms with E-state index in [9.17, 15) is 5.11 Å². The molecule has 19 heavy (non-hydrogen) atoms. The second-order valence-electron chi connectivity index (χ2n) is 4.61. The van der Waals surface area contributed by atoms with E-state index in [-0.39, 0.29) is 6.61 Å². The Kier molecular flexibility index (Phi) is 4.27. The van der Waals surface area contributed by atoms with Gasteiger partial charge in [0.2, 0.25) is 0 Å². The number of nitrogens with zero attached hydrogens (tertiary/aromatic N) is 2. The van der Waals surface area contributed by atoms with Gasteiger partial charge in [0.05, 0.1) is 6.61 Å². The molecule has 0 saturated heterocycles. The molecule has 0 amide bonds. The lowest BCUT2D eigenvalue weighted by Gasteiger charge is -2.28. The van der Waals surface area contributed by atoms with E-state index in [0.29, 0.717) is 29.9 Å². The molecule has 3 N–H and O–H groups in total. The van der Waals surface area contributed by atoms with Gasteiger partial charge in [-0.2, -0.15) is 4.98 Å². The van der Waals surface area contributed by atoms with Crippen molar-refractivity contribution < 1.29 is 9.52 Å². The van der Waals surface area contributed by atoms with E-state index < -0.39 is 0 Å². The summed E-state index contributed by atoms with van der Waals surface area (Å²) in [6.07, 6.45) is 1.97. The van der Waals surface area contributed by atoms with Gasteiger partial charge in [-0.3, -0.25) is 0 Å². The lowest BCUT2D eigenvalue weighted by atomic mass is 10.1. The third-order valence-corrected chi connectivity index (χ3v) is 3.37. The highest BCUT2D eigenvalue weighted by Gasteiger charge is 2.20. The zero-order valence-corrected chi connectivity index (χ0v) is 11.5. The van der Waals surface area contributed by atoms with Crippen molar-refractivity contribution in [1.82, 2.24) is 4.98 Å². The summed E-state index contributed by atoms with van der Waals surface area (Å²) in [4.78, 5) is 6.51. The van der Waals surface area contributed by atoms with E-state index in [0.717, 1.165) is 18.4 Å². The topological polar surface area (TPSA) is 75.5 Å². The van der Waals surface area contributed by atoms with Crippen LogP contribution in [0.1, 0.15) is 26.7 Å². The minimum atomic E-state index is 0.0807. The number of aromatic nitrogens is 1. The van der Waals surface area contributed by atoms with Gasteiger partial charge in [0.15, 0.2) is 5.58 Å². The summed E-state index contributed by atoms with van der Waals surface area (Å²) in [7, 11) is 0. The molecule has 0 spiro atoms. The number of hydrogen-bond acceptors (Lipinski definition) is 5. The molecule has 104 valence electrons. The van der Waals surface area contributed by atoms with Gasteiger partial charge in [-0.25, -0.2) is 0 Å². The Balaban J connectivity index is 2.38. The fraction of sp³-hybridized carbons (Fsp3) is 0.500. The molecule has 2 rings (SSSR count). The monoisotopic (exact) mass is 263 g/mol. The normalized spacial score (nSPS) is 11.4. The summed E-state index contributed by atoms with van der Waals surface area (Å²) in [5.41, 5.74) is 7.87. The smallest absolute Gasteiger partial charge is 0.298 e. The van der Waals surface area contributed by atoms with Crippen molar-refractivity contribution in [3.63, 3.8) is 0 Å². The van der Waals surface area contributed by atoms with Crippen LogP contribution in [0, 0.1) is 0 Å². The fourth-order valence-electron chi connectivity index (χ4n) is 2.32. The summed E-state index contributed by atoms with van der Waals surface area (Å²) in [6, 6.07) is 6.31. The average molecular weight is 263 g/mol. The second-order valence-corrected chi connectivity index (χ2v) is 4.61. The number of aliphatic hydroxyl groups excluding tert-OH is 1. The van der Waals surface area contributed by atoms with Crippen LogP contribution in [0.4, 0.5) is 11.7 Å². The third-order valence-electron chi connectivity index (χ3n) is 3.37. The summed E-state index contributed by atoms with van der Waals surface area (Å²) < 4.78 is 5.77. The van der Waals surface area contributed by atoms with Crippen molar-refractivity contribution >= 4 is 22.8 Å². The van der Waals surface area contributed by atoms with Crippen LogP contribution in [0.3, 0.4) is 0 Å². The van der Waals surface area contributed by atoms with E-state index in [2.05, 4.69) is 18.8 Å². The van der Waals surface area contributed by atoms with Crippen molar-refractivity contribution in [2.24, 2.45) is 0 Å². The van der Waals surface area contributed by atoms with Gasteiger partial charge in [0.1, 0.15) is 5.52 Å². The number of fused-ring (bicyclic) bond motifs is 1. The Bertz CT molecular complexity index is 534. The maximum absolute atomic E-state index is 9.23. The maximum Gasteiger partial charge on any atom is 0.298 e. The van der Waals surface area contributed by atoms with Crippen molar-refractivity contribution in [3.8, 4) is 0 Å². The van der Waals surface area contributed by atoms with Gasteiger partial charge in [-0.1, -0.05) is 13.8 Å². The molecule has 5 nitrogen and oxygen atoms in total. The Hall–Kier alpha value is -1.75. The minimum absolute atomic E-state index is 0.0807. The van der Waals surface area contributed by atoms with Crippen LogP contribution < -0.4 is 10.6 Å². The number of oxazole rings is 1. The highest BCUT2D eigenvalue weighted by atomic mass is 16.4. The number of nitrogens with two attached hydrogens (primary N) is 1.